The maximum absolute atomic E-state index is 13.0. The molecule has 0 radical (unpaired) electrons. The highest BCUT2D eigenvalue weighted by atomic mass is 32.1. The van der Waals surface area contributed by atoms with Crippen molar-refractivity contribution >= 4 is 23.2 Å². The van der Waals surface area contributed by atoms with Gasteiger partial charge in [0, 0.05) is 25.8 Å². The number of hydrogen-bond donors (Lipinski definition) is 1. The van der Waals surface area contributed by atoms with Gasteiger partial charge in [0.05, 0.1) is 17.3 Å². The fourth-order valence-corrected chi connectivity index (χ4v) is 4.09. The van der Waals surface area contributed by atoms with Crippen molar-refractivity contribution in [3.63, 3.8) is 0 Å². The number of carbonyl (C=O) groups excluding carboxylic acids is 1. The molecule has 2 aromatic rings. The van der Waals surface area contributed by atoms with Crippen molar-refractivity contribution in [1.82, 2.24) is 9.88 Å². The average molecular weight is 360 g/mol. The second kappa shape index (κ2) is 6.93. The van der Waals surface area contributed by atoms with Crippen LogP contribution < -0.4 is 0 Å². The van der Waals surface area contributed by atoms with Gasteiger partial charge in [-0.2, -0.15) is 0 Å². The molecule has 1 saturated heterocycles. The third-order valence-electron chi connectivity index (χ3n) is 4.49. The third-order valence-corrected chi connectivity index (χ3v) is 5.45. The summed E-state index contributed by atoms with van der Waals surface area (Å²) in [5.74, 6) is -1.09. The molecule has 0 saturated carbocycles. The normalized spacial score (nSPS) is 20.0. The van der Waals surface area contributed by atoms with E-state index in [4.69, 9.17) is 4.74 Å². The predicted molar refractivity (Wildman–Crippen MR) is 94.8 cm³/mol. The van der Waals surface area contributed by atoms with E-state index < -0.39 is 11.4 Å². The average Bonchev–Trinajstić information content (AvgIpc) is 3.20. The Labute approximate surface area is 150 Å². The van der Waals surface area contributed by atoms with Crippen LogP contribution in [0.1, 0.15) is 21.1 Å². The molecule has 1 fully saturated rings. The molecule has 1 N–H and O–H groups in total. The molecule has 1 unspecified atom stereocenters. The highest BCUT2D eigenvalue weighted by Gasteiger charge is 2.47. The fourth-order valence-electron chi connectivity index (χ4n) is 3.18. The van der Waals surface area contributed by atoms with Crippen LogP contribution in [0.25, 0.3) is 11.3 Å². The predicted octanol–water partition coefficient (Wildman–Crippen LogP) is 2.68. The molecule has 0 bridgehead atoms. The SMILES string of the molecule is COCC1(C(=O)O)CCN(C(=O)c2sc(C)nc2-c2ccccc2)C1. The second-order valence-electron chi connectivity index (χ2n) is 6.27. The van der Waals surface area contributed by atoms with Gasteiger partial charge < -0.3 is 14.7 Å². The lowest BCUT2D eigenvalue weighted by molar-refractivity contribution is -0.151. The van der Waals surface area contributed by atoms with Crippen LogP contribution >= 0.6 is 11.3 Å². The fraction of sp³-hybridized carbons (Fsp3) is 0.389. The van der Waals surface area contributed by atoms with Gasteiger partial charge in [-0.15, -0.1) is 11.3 Å². The molecule has 6 nitrogen and oxygen atoms in total. The number of methoxy groups -OCH3 is 1. The number of carboxylic acids is 1. The molecule has 1 aromatic heterocycles. The number of thiazole rings is 1. The number of nitrogens with zero attached hydrogens (tertiary/aromatic N) is 2. The van der Waals surface area contributed by atoms with Gasteiger partial charge in [0.25, 0.3) is 5.91 Å². The Bertz CT molecular complexity index is 790. The summed E-state index contributed by atoms with van der Waals surface area (Å²) in [7, 11) is 1.48. The zero-order valence-corrected chi connectivity index (χ0v) is 15.0. The van der Waals surface area contributed by atoms with Gasteiger partial charge >= 0.3 is 5.97 Å². The Morgan fingerprint density at radius 1 is 1.36 bits per heavy atom. The van der Waals surface area contributed by atoms with Crippen LogP contribution in [0.4, 0.5) is 0 Å². The third kappa shape index (κ3) is 3.29. The van der Waals surface area contributed by atoms with Crippen molar-refractivity contribution in [3.8, 4) is 11.3 Å². The standard InChI is InChI=1S/C18H20N2O4S/c1-12-19-14(13-6-4-3-5-7-13)15(25-12)16(21)20-9-8-18(10-20,11-24-2)17(22)23/h3-7H,8-11H2,1-2H3,(H,22,23). The number of likely N-dealkylation sites (tertiary alicyclic amines) is 1. The van der Waals surface area contributed by atoms with Crippen LogP contribution in [0.15, 0.2) is 30.3 Å². The smallest absolute Gasteiger partial charge is 0.313 e. The summed E-state index contributed by atoms with van der Waals surface area (Å²) < 4.78 is 5.09. The first-order chi connectivity index (χ1) is 12.0. The highest BCUT2D eigenvalue weighted by molar-refractivity contribution is 7.14. The van der Waals surface area contributed by atoms with E-state index in [1.165, 1.54) is 18.4 Å². The number of rotatable bonds is 5. The van der Waals surface area contributed by atoms with E-state index in [0.29, 0.717) is 23.5 Å². The molecular weight excluding hydrogens is 340 g/mol. The van der Waals surface area contributed by atoms with E-state index >= 15 is 0 Å². The molecule has 1 amide bonds. The Morgan fingerprint density at radius 2 is 2.08 bits per heavy atom. The first-order valence-electron chi connectivity index (χ1n) is 8.01. The second-order valence-corrected chi connectivity index (χ2v) is 7.48. The van der Waals surface area contributed by atoms with Crippen LogP contribution in [0.5, 0.6) is 0 Å². The molecule has 1 aromatic carbocycles. The van der Waals surface area contributed by atoms with E-state index in [0.717, 1.165) is 10.6 Å². The molecule has 1 aliphatic heterocycles. The monoisotopic (exact) mass is 360 g/mol. The van der Waals surface area contributed by atoms with Crippen LogP contribution in [0, 0.1) is 12.3 Å². The molecule has 3 rings (SSSR count). The molecule has 2 heterocycles. The highest BCUT2D eigenvalue weighted by Crippen LogP contribution is 2.35. The number of carbonyl (C=O) groups is 2. The number of aromatic nitrogens is 1. The first-order valence-corrected chi connectivity index (χ1v) is 8.83. The largest absolute Gasteiger partial charge is 0.481 e. The summed E-state index contributed by atoms with van der Waals surface area (Å²) in [5, 5.41) is 10.4. The van der Waals surface area contributed by atoms with Gasteiger partial charge in [0.2, 0.25) is 0 Å². The summed E-state index contributed by atoms with van der Waals surface area (Å²) in [5.41, 5.74) is 0.514. The Balaban J connectivity index is 1.89. The Morgan fingerprint density at radius 3 is 2.72 bits per heavy atom. The van der Waals surface area contributed by atoms with Crippen LogP contribution in [-0.4, -0.2) is 53.7 Å². The van der Waals surface area contributed by atoms with Gasteiger partial charge in [-0.1, -0.05) is 30.3 Å². The maximum atomic E-state index is 13.0. The lowest BCUT2D eigenvalue weighted by Crippen LogP contribution is -2.40. The summed E-state index contributed by atoms with van der Waals surface area (Å²) in [6.45, 7) is 2.52. The van der Waals surface area contributed by atoms with E-state index in [1.807, 2.05) is 37.3 Å². The molecule has 132 valence electrons. The van der Waals surface area contributed by atoms with Gasteiger partial charge in [0.1, 0.15) is 10.3 Å². The summed E-state index contributed by atoms with van der Waals surface area (Å²) >= 11 is 1.35. The number of carboxylic acid groups (broad SMARTS) is 1. The lowest BCUT2D eigenvalue weighted by atomic mass is 9.88. The quantitative estimate of drug-likeness (QED) is 0.887. The van der Waals surface area contributed by atoms with Gasteiger partial charge in [0.15, 0.2) is 0 Å². The molecule has 0 aliphatic carbocycles. The number of amides is 1. The molecule has 1 aliphatic rings. The lowest BCUT2D eigenvalue weighted by Gasteiger charge is -2.23. The minimum Gasteiger partial charge on any atom is -0.481 e. The summed E-state index contributed by atoms with van der Waals surface area (Å²) in [4.78, 5) is 31.4. The molecule has 1 atom stereocenters. The zero-order valence-electron chi connectivity index (χ0n) is 14.2. The Hall–Kier alpha value is -2.25. The van der Waals surface area contributed by atoms with Crippen molar-refractivity contribution in [2.24, 2.45) is 5.41 Å². The van der Waals surface area contributed by atoms with Crippen molar-refractivity contribution in [3.05, 3.63) is 40.2 Å². The zero-order chi connectivity index (χ0) is 18.0. The Kier molecular flexibility index (Phi) is 4.87. The van der Waals surface area contributed by atoms with Crippen LogP contribution in [-0.2, 0) is 9.53 Å². The number of benzene rings is 1. The van der Waals surface area contributed by atoms with Crippen molar-refractivity contribution in [2.75, 3.05) is 26.8 Å². The van der Waals surface area contributed by atoms with Gasteiger partial charge in [-0.05, 0) is 13.3 Å². The number of hydrogen-bond acceptors (Lipinski definition) is 5. The maximum Gasteiger partial charge on any atom is 0.313 e. The van der Waals surface area contributed by atoms with E-state index in [1.54, 1.807) is 4.90 Å². The van der Waals surface area contributed by atoms with Gasteiger partial charge in [-0.3, -0.25) is 9.59 Å². The minimum absolute atomic E-state index is 0.0966. The number of ether oxygens (including phenoxy) is 1. The number of aryl methyl sites for hydroxylation is 1. The van der Waals surface area contributed by atoms with Crippen molar-refractivity contribution < 1.29 is 19.4 Å². The van der Waals surface area contributed by atoms with Crippen LogP contribution in [0.2, 0.25) is 0 Å². The molecule has 25 heavy (non-hydrogen) atoms. The topological polar surface area (TPSA) is 79.7 Å². The minimum atomic E-state index is -1.03. The molecule has 7 heteroatoms. The van der Waals surface area contributed by atoms with Gasteiger partial charge in [-0.25, -0.2) is 4.98 Å². The van der Waals surface area contributed by atoms with E-state index in [2.05, 4.69) is 4.98 Å². The van der Waals surface area contributed by atoms with E-state index in [9.17, 15) is 14.7 Å². The number of aliphatic carboxylic acids is 1. The van der Waals surface area contributed by atoms with E-state index in [-0.39, 0.29) is 19.1 Å². The summed E-state index contributed by atoms with van der Waals surface area (Å²) in [6, 6.07) is 9.56. The molecular formula is C18H20N2O4S. The summed E-state index contributed by atoms with van der Waals surface area (Å²) in [6.07, 6.45) is 0.389. The first kappa shape index (κ1) is 17.6. The molecule has 0 spiro atoms. The van der Waals surface area contributed by atoms with Crippen molar-refractivity contribution in [2.45, 2.75) is 13.3 Å². The van der Waals surface area contributed by atoms with Crippen molar-refractivity contribution in [1.29, 1.82) is 0 Å². The van der Waals surface area contributed by atoms with Crippen LogP contribution in [0.3, 0.4) is 0 Å².